The van der Waals surface area contributed by atoms with Crippen molar-refractivity contribution in [2.45, 2.75) is 38.9 Å². The van der Waals surface area contributed by atoms with Gasteiger partial charge in [-0.15, -0.1) is 11.3 Å². The van der Waals surface area contributed by atoms with Crippen LogP contribution in [0.2, 0.25) is 0 Å². The van der Waals surface area contributed by atoms with Gasteiger partial charge in [-0.25, -0.2) is 9.79 Å². The summed E-state index contributed by atoms with van der Waals surface area (Å²) in [5.74, 6) is 0.682. The van der Waals surface area contributed by atoms with E-state index in [9.17, 15) is 14.9 Å². The van der Waals surface area contributed by atoms with Crippen molar-refractivity contribution < 1.29 is 14.5 Å². The van der Waals surface area contributed by atoms with E-state index in [0.29, 0.717) is 38.7 Å². The van der Waals surface area contributed by atoms with Gasteiger partial charge in [0, 0.05) is 36.1 Å². The van der Waals surface area contributed by atoms with Crippen molar-refractivity contribution in [2.75, 3.05) is 19.7 Å². The lowest BCUT2D eigenvalue weighted by Gasteiger charge is -2.32. The van der Waals surface area contributed by atoms with Gasteiger partial charge in [0.1, 0.15) is 0 Å². The summed E-state index contributed by atoms with van der Waals surface area (Å²) in [6.07, 6.45) is 1.34. The summed E-state index contributed by atoms with van der Waals surface area (Å²) in [7, 11) is 0. The summed E-state index contributed by atoms with van der Waals surface area (Å²) < 4.78 is 5.08. The molecule has 1 amide bonds. The quantitative estimate of drug-likeness (QED) is 0.292. The molecule has 2 N–H and O–H groups in total. The number of nitro benzene ring substituents is 1. The first-order chi connectivity index (χ1) is 15.0. The Kier molecular flexibility index (Phi) is 8.22. The molecule has 0 atom stereocenters. The molecule has 3 rings (SSSR count). The summed E-state index contributed by atoms with van der Waals surface area (Å²) in [4.78, 5) is 29.9. The Hall–Kier alpha value is -3.14. The van der Waals surface area contributed by atoms with Gasteiger partial charge in [0.2, 0.25) is 0 Å². The van der Waals surface area contributed by atoms with Crippen LogP contribution in [-0.2, 0) is 17.8 Å². The Bertz CT molecular complexity index is 878. The van der Waals surface area contributed by atoms with Crippen LogP contribution >= 0.6 is 11.3 Å². The standard InChI is InChI=1S/C21H27N5O4S/c1-2-30-21(27)25-11-9-17(10-12-25)24-20(23-15-19-4-3-13-31-19)22-14-16-5-7-18(8-6-16)26(28)29/h3-8,13,17H,2,9-12,14-15H2,1H3,(H2,22,23,24). The number of carbonyl (C=O) groups is 1. The molecule has 31 heavy (non-hydrogen) atoms. The van der Waals surface area contributed by atoms with Crippen molar-refractivity contribution >= 4 is 29.1 Å². The van der Waals surface area contributed by atoms with Crippen LogP contribution in [0.4, 0.5) is 10.5 Å². The summed E-state index contributed by atoms with van der Waals surface area (Å²) in [6.45, 7) is 4.52. The van der Waals surface area contributed by atoms with Crippen LogP contribution in [0.5, 0.6) is 0 Å². The molecule has 0 aliphatic carbocycles. The predicted molar refractivity (Wildman–Crippen MR) is 120 cm³/mol. The van der Waals surface area contributed by atoms with Gasteiger partial charge in [-0.05, 0) is 36.8 Å². The minimum absolute atomic E-state index is 0.0651. The molecule has 0 radical (unpaired) electrons. The van der Waals surface area contributed by atoms with Crippen LogP contribution in [0.15, 0.2) is 46.8 Å². The van der Waals surface area contributed by atoms with E-state index in [0.717, 1.165) is 18.4 Å². The summed E-state index contributed by atoms with van der Waals surface area (Å²) in [5.41, 5.74) is 0.954. The molecule has 0 unspecified atom stereocenters. The van der Waals surface area contributed by atoms with Crippen molar-refractivity contribution in [1.82, 2.24) is 15.5 Å². The van der Waals surface area contributed by atoms with Crippen molar-refractivity contribution in [1.29, 1.82) is 0 Å². The molecule has 1 fully saturated rings. The number of carbonyl (C=O) groups excluding carboxylic acids is 1. The fourth-order valence-electron chi connectivity index (χ4n) is 3.24. The zero-order chi connectivity index (χ0) is 22.1. The van der Waals surface area contributed by atoms with Gasteiger partial charge in [0.05, 0.1) is 24.6 Å². The van der Waals surface area contributed by atoms with E-state index in [2.05, 4.69) is 21.7 Å². The molecule has 1 aliphatic heterocycles. The largest absolute Gasteiger partial charge is 0.450 e. The number of rotatable bonds is 7. The molecule has 1 aromatic carbocycles. The number of guanidine groups is 1. The van der Waals surface area contributed by atoms with Crippen molar-refractivity contribution in [3.63, 3.8) is 0 Å². The number of hydrogen-bond acceptors (Lipinski definition) is 6. The Morgan fingerprint density at radius 1 is 1.29 bits per heavy atom. The minimum atomic E-state index is -0.411. The van der Waals surface area contributed by atoms with Gasteiger partial charge < -0.3 is 20.3 Å². The summed E-state index contributed by atoms with van der Waals surface area (Å²) in [5, 5.41) is 19.7. The number of benzene rings is 1. The molecule has 0 bridgehead atoms. The number of amides is 1. The van der Waals surface area contributed by atoms with Crippen LogP contribution in [0.1, 0.15) is 30.2 Å². The lowest BCUT2D eigenvalue weighted by Crippen LogP contribution is -2.49. The zero-order valence-corrected chi connectivity index (χ0v) is 18.3. The van der Waals surface area contributed by atoms with Gasteiger partial charge in [0.15, 0.2) is 5.96 Å². The third-order valence-corrected chi connectivity index (χ3v) is 5.82. The lowest BCUT2D eigenvalue weighted by atomic mass is 10.1. The number of likely N-dealkylation sites (tertiary alicyclic amines) is 1. The number of ether oxygens (including phenoxy) is 1. The highest BCUT2D eigenvalue weighted by molar-refractivity contribution is 7.09. The second kappa shape index (κ2) is 11.3. The normalized spacial score (nSPS) is 14.9. The first kappa shape index (κ1) is 22.5. The second-order valence-corrected chi connectivity index (χ2v) is 8.16. The van der Waals surface area contributed by atoms with Crippen molar-refractivity contribution in [2.24, 2.45) is 4.99 Å². The van der Waals surface area contributed by atoms with E-state index in [-0.39, 0.29) is 17.8 Å². The lowest BCUT2D eigenvalue weighted by molar-refractivity contribution is -0.384. The van der Waals surface area contributed by atoms with Crippen molar-refractivity contribution in [3.8, 4) is 0 Å². The number of nitro groups is 1. The monoisotopic (exact) mass is 445 g/mol. The first-order valence-corrected chi connectivity index (χ1v) is 11.2. The van der Waals surface area contributed by atoms with Crippen LogP contribution in [0.3, 0.4) is 0 Å². The molecule has 2 aromatic rings. The molecule has 0 spiro atoms. The topological polar surface area (TPSA) is 109 Å². The average Bonchev–Trinajstić information content (AvgIpc) is 3.30. The molecule has 1 aliphatic rings. The molecule has 166 valence electrons. The smallest absolute Gasteiger partial charge is 0.409 e. The first-order valence-electron chi connectivity index (χ1n) is 10.3. The van der Waals surface area contributed by atoms with Gasteiger partial charge in [-0.3, -0.25) is 10.1 Å². The number of piperidine rings is 1. The van der Waals surface area contributed by atoms with E-state index < -0.39 is 4.92 Å². The molecule has 9 nitrogen and oxygen atoms in total. The van der Waals surface area contributed by atoms with Gasteiger partial charge in [0.25, 0.3) is 5.69 Å². The fourth-order valence-corrected chi connectivity index (χ4v) is 3.89. The van der Waals surface area contributed by atoms with E-state index in [1.807, 2.05) is 11.4 Å². The maximum Gasteiger partial charge on any atom is 0.409 e. The summed E-state index contributed by atoms with van der Waals surface area (Å²) in [6, 6.07) is 10.7. The third-order valence-electron chi connectivity index (χ3n) is 4.94. The Labute approximate surface area is 185 Å². The predicted octanol–water partition coefficient (Wildman–Crippen LogP) is 3.51. The Morgan fingerprint density at radius 3 is 2.65 bits per heavy atom. The third kappa shape index (κ3) is 6.95. The fraction of sp³-hybridized carbons (Fsp3) is 0.429. The van der Waals surface area contributed by atoms with E-state index in [1.165, 1.54) is 17.0 Å². The molecule has 2 heterocycles. The highest BCUT2D eigenvalue weighted by Crippen LogP contribution is 2.14. The average molecular weight is 446 g/mol. The highest BCUT2D eigenvalue weighted by Gasteiger charge is 2.24. The van der Waals surface area contributed by atoms with Gasteiger partial charge in [-0.1, -0.05) is 18.2 Å². The highest BCUT2D eigenvalue weighted by atomic mass is 32.1. The Balaban J connectivity index is 1.60. The molecule has 1 saturated heterocycles. The minimum Gasteiger partial charge on any atom is -0.450 e. The maximum atomic E-state index is 11.9. The molecular weight excluding hydrogens is 418 g/mol. The van der Waals surface area contributed by atoms with E-state index in [4.69, 9.17) is 4.74 Å². The van der Waals surface area contributed by atoms with E-state index in [1.54, 1.807) is 35.3 Å². The van der Waals surface area contributed by atoms with Gasteiger partial charge >= 0.3 is 6.09 Å². The zero-order valence-electron chi connectivity index (χ0n) is 17.5. The molecule has 1 aromatic heterocycles. The number of aliphatic imine (C=N–C) groups is 1. The number of thiophene rings is 1. The second-order valence-electron chi connectivity index (χ2n) is 7.13. The molecule has 10 heteroatoms. The number of nitrogens with one attached hydrogen (secondary N) is 2. The van der Waals surface area contributed by atoms with Crippen LogP contribution in [0.25, 0.3) is 0 Å². The van der Waals surface area contributed by atoms with Gasteiger partial charge in [-0.2, -0.15) is 0 Å². The van der Waals surface area contributed by atoms with Crippen LogP contribution in [0, 0.1) is 10.1 Å². The van der Waals surface area contributed by atoms with Crippen molar-refractivity contribution in [3.05, 3.63) is 62.3 Å². The number of nitrogens with zero attached hydrogens (tertiary/aromatic N) is 3. The number of non-ortho nitro benzene ring substituents is 1. The van der Waals surface area contributed by atoms with Crippen LogP contribution in [-0.4, -0.2) is 47.6 Å². The van der Waals surface area contributed by atoms with Crippen LogP contribution < -0.4 is 10.6 Å². The SMILES string of the molecule is CCOC(=O)N1CCC(NC(=NCc2ccc([N+](=O)[O-])cc2)NCc2cccs2)CC1. The summed E-state index contributed by atoms with van der Waals surface area (Å²) >= 11 is 1.67. The molecule has 0 saturated carbocycles. The Morgan fingerprint density at radius 2 is 2.03 bits per heavy atom. The maximum absolute atomic E-state index is 11.9. The molecular formula is C21H27N5O4S. The number of hydrogen-bond donors (Lipinski definition) is 2. The van der Waals surface area contributed by atoms with E-state index >= 15 is 0 Å².